The van der Waals surface area contributed by atoms with Crippen molar-refractivity contribution in [1.82, 2.24) is 15.1 Å². The summed E-state index contributed by atoms with van der Waals surface area (Å²) in [7, 11) is 3.38. The number of guanidine groups is 1. The van der Waals surface area contributed by atoms with Crippen LogP contribution < -0.4 is 20.1 Å². The molecule has 1 heterocycles. The van der Waals surface area contributed by atoms with E-state index in [1.165, 1.54) is 25.7 Å². The molecule has 154 valence electrons. The smallest absolute Gasteiger partial charge is 0.195 e. The van der Waals surface area contributed by atoms with Crippen LogP contribution in [0.15, 0.2) is 35.5 Å². The molecule has 1 aromatic heterocycles. The highest BCUT2D eigenvalue weighted by molar-refractivity contribution is 14.0. The molecule has 1 aliphatic carbocycles. The average molecular weight is 499 g/mol. The Kier molecular flexibility index (Phi) is 8.88. The standard InChI is InChI=1S/C20H29N5O2.HI/c1-4-27-19-13-15(9-10-18(19)26-3)23-20(21-2)22-14-16-11-12-25(24-16)17-7-5-6-8-17;/h9-13,17H,4-8,14H2,1-3H3,(H2,21,22,23);1H. The quantitative estimate of drug-likeness (QED) is 0.339. The molecule has 0 spiro atoms. The van der Waals surface area contributed by atoms with Crippen LogP contribution in [-0.4, -0.2) is 36.5 Å². The number of nitrogens with zero attached hydrogens (tertiary/aromatic N) is 3. The van der Waals surface area contributed by atoms with Gasteiger partial charge in [0, 0.05) is 25.0 Å². The van der Waals surface area contributed by atoms with Gasteiger partial charge in [0.05, 0.1) is 32.0 Å². The SMILES string of the molecule is CCOc1cc(NC(=NC)NCc2ccn(C3CCCC3)n2)ccc1OC.I. The molecule has 0 saturated heterocycles. The lowest BCUT2D eigenvalue weighted by Gasteiger charge is -2.14. The van der Waals surface area contributed by atoms with Crippen molar-refractivity contribution in [3.63, 3.8) is 0 Å². The normalized spacial score (nSPS) is 14.5. The zero-order valence-corrected chi connectivity index (χ0v) is 19.1. The minimum absolute atomic E-state index is 0. The summed E-state index contributed by atoms with van der Waals surface area (Å²) in [5.41, 5.74) is 1.89. The van der Waals surface area contributed by atoms with Crippen molar-refractivity contribution in [3.05, 3.63) is 36.2 Å². The van der Waals surface area contributed by atoms with E-state index < -0.39 is 0 Å². The van der Waals surface area contributed by atoms with Crippen LogP contribution in [0.25, 0.3) is 0 Å². The fourth-order valence-corrected chi connectivity index (χ4v) is 3.36. The zero-order chi connectivity index (χ0) is 19.1. The maximum Gasteiger partial charge on any atom is 0.195 e. The molecule has 7 nitrogen and oxygen atoms in total. The summed E-state index contributed by atoms with van der Waals surface area (Å²) >= 11 is 0. The van der Waals surface area contributed by atoms with E-state index in [1.807, 2.05) is 25.1 Å². The first-order valence-corrected chi connectivity index (χ1v) is 9.56. The fourth-order valence-electron chi connectivity index (χ4n) is 3.36. The average Bonchev–Trinajstić information content (AvgIpc) is 3.37. The summed E-state index contributed by atoms with van der Waals surface area (Å²) in [5, 5.41) is 11.3. The molecule has 0 radical (unpaired) electrons. The Labute approximate surface area is 183 Å². The predicted octanol–water partition coefficient (Wildman–Crippen LogP) is 4.21. The molecule has 3 rings (SSSR count). The lowest BCUT2D eigenvalue weighted by atomic mass is 10.2. The Morgan fingerprint density at radius 1 is 1.25 bits per heavy atom. The van der Waals surface area contributed by atoms with E-state index in [1.54, 1.807) is 14.2 Å². The molecule has 1 aromatic carbocycles. The minimum Gasteiger partial charge on any atom is -0.493 e. The van der Waals surface area contributed by atoms with Gasteiger partial charge in [0.2, 0.25) is 0 Å². The molecule has 0 amide bonds. The van der Waals surface area contributed by atoms with E-state index in [2.05, 4.69) is 32.6 Å². The van der Waals surface area contributed by atoms with Crippen molar-refractivity contribution in [2.45, 2.75) is 45.2 Å². The van der Waals surface area contributed by atoms with Crippen molar-refractivity contribution in [2.24, 2.45) is 4.99 Å². The predicted molar refractivity (Wildman–Crippen MR) is 123 cm³/mol. The summed E-state index contributed by atoms with van der Waals surface area (Å²) in [6, 6.07) is 8.35. The molecule has 2 aromatic rings. The van der Waals surface area contributed by atoms with E-state index in [4.69, 9.17) is 14.6 Å². The van der Waals surface area contributed by atoms with Crippen molar-refractivity contribution < 1.29 is 9.47 Å². The van der Waals surface area contributed by atoms with Gasteiger partial charge >= 0.3 is 0 Å². The monoisotopic (exact) mass is 499 g/mol. The van der Waals surface area contributed by atoms with Crippen LogP contribution in [0.1, 0.15) is 44.3 Å². The third-order valence-corrected chi connectivity index (χ3v) is 4.75. The molecule has 2 N–H and O–H groups in total. The van der Waals surface area contributed by atoms with Crippen LogP contribution in [0.5, 0.6) is 11.5 Å². The maximum absolute atomic E-state index is 5.63. The van der Waals surface area contributed by atoms with Crippen molar-refractivity contribution in [3.8, 4) is 11.5 Å². The molecular formula is C20H30IN5O2. The summed E-state index contributed by atoms with van der Waals surface area (Å²) in [6.07, 6.45) is 7.16. The van der Waals surface area contributed by atoms with E-state index in [9.17, 15) is 0 Å². The highest BCUT2D eigenvalue weighted by atomic mass is 127. The summed E-state index contributed by atoms with van der Waals surface area (Å²) in [4.78, 5) is 4.29. The fraction of sp³-hybridized carbons (Fsp3) is 0.500. The van der Waals surface area contributed by atoms with Crippen LogP contribution in [0, 0.1) is 0 Å². The third-order valence-electron chi connectivity index (χ3n) is 4.75. The zero-order valence-electron chi connectivity index (χ0n) is 16.8. The Morgan fingerprint density at radius 2 is 2.04 bits per heavy atom. The van der Waals surface area contributed by atoms with Crippen LogP contribution >= 0.6 is 24.0 Å². The molecular weight excluding hydrogens is 469 g/mol. The molecule has 1 fully saturated rings. The summed E-state index contributed by atoms with van der Waals surface area (Å²) in [5.74, 6) is 2.09. The second-order valence-corrected chi connectivity index (χ2v) is 6.57. The van der Waals surface area contributed by atoms with Crippen LogP contribution in [0.3, 0.4) is 0 Å². The number of ether oxygens (including phenoxy) is 2. The van der Waals surface area contributed by atoms with Crippen LogP contribution in [0.4, 0.5) is 5.69 Å². The molecule has 0 atom stereocenters. The van der Waals surface area contributed by atoms with Crippen molar-refractivity contribution in [2.75, 3.05) is 26.1 Å². The number of aliphatic imine (C=N–C) groups is 1. The number of halogens is 1. The second kappa shape index (κ2) is 11.1. The number of methoxy groups -OCH3 is 1. The lowest BCUT2D eigenvalue weighted by molar-refractivity contribution is 0.311. The van der Waals surface area contributed by atoms with Gasteiger partial charge in [-0.25, -0.2) is 0 Å². The van der Waals surface area contributed by atoms with E-state index >= 15 is 0 Å². The molecule has 0 unspecified atom stereocenters. The summed E-state index contributed by atoms with van der Waals surface area (Å²) in [6.45, 7) is 3.15. The number of anilines is 1. The first-order valence-electron chi connectivity index (χ1n) is 9.56. The Balaban J connectivity index is 0.00000280. The van der Waals surface area contributed by atoms with Gasteiger partial charge in [0.1, 0.15) is 0 Å². The number of rotatable bonds is 7. The second-order valence-electron chi connectivity index (χ2n) is 6.57. The third kappa shape index (κ3) is 5.76. The topological polar surface area (TPSA) is 72.7 Å². The van der Waals surface area contributed by atoms with Gasteiger partial charge in [-0.1, -0.05) is 12.8 Å². The van der Waals surface area contributed by atoms with Gasteiger partial charge in [-0.05, 0) is 38.0 Å². The minimum atomic E-state index is 0. The lowest BCUT2D eigenvalue weighted by Crippen LogP contribution is -2.30. The van der Waals surface area contributed by atoms with E-state index in [-0.39, 0.29) is 24.0 Å². The molecule has 0 aliphatic heterocycles. The molecule has 8 heteroatoms. The van der Waals surface area contributed by atoms with Gasteiger partial charge in [0.15, 0.2) is 17.5 Å². The summed E-state index contributed by atoms with van der Waals surface area (Å²) < 4.78 is 13.1. The first-order chi connectivity index (χ1) is 13.2. The Hall–Kier alpha value is -1.97. The highest BCUT2D eigenvalue weighted by Gasteiger charge is 2.17. The van der Waals surface area contributed by atoms with Crippen molar-refractivity contribution in [1.29, 1.82) is 0 Å². The number of hydrogen-bond donors (Lipinski definition) is 2. The molecule has 0 bridgehead atoms. The van der Waals surface area contributed by atoms with Crippen LogP contribution in [0.2, 0.25) is 0 Å². The van der Waals surface area contributed by atoms with Crippen molar-refractivity contribution >= 4 is 35.6 Å². The van der Waals surface area contributed by atoms with Gasteiger partial charge in [-0.2, -0.15) is 5.10 Å². The maximum atomic E-state index is 5.63. The number of aromatic nitrogens is 2. The van der Waals surface area contributed by atoms with Gasteiger partial charge in [0.25, 0.3) is 0 Å². The Morgan fingerprint density at radius 3 is 2.71 bits per heavy atom. The Bertz CT molecular complexity index is 772. The van der Waals surface area contributed by atoms with Gasteiger partial charge in [-0.3, -0.25) is 9.67 Å². The van der Waals surface area contributed by atoms with Gasteiger partial charge in [-0.15, -0.1) is 24.0 Å². The number of nitrogens with one attached hydrogen (secondary N) is 2. The van der Waals surface area contributed by atoms with E-state index in [0.29, 0.717) is 36.7 Å². The largest absolute Gasteiger partial charge is 0.493 e. The number of benzene rings is 1. The van der Waals surface area contributed by atoms with E-state index in [0.717, 1.165) is 11.4 Å². The van der Waals surface area contributed by atoms with Crippen LogP contribution in [-0.2, 0) is 6.54 Å². The first kappa shape index (κ1) is 22.3. The van der Waals surface area contributed by atoms with Gasteiger partial charge < -0.3 is 20.1 Å². The highest BCUT2D eigenvalue weighted by Crippen LogP contribution is 2.30. The molecule has 1 saturated carbocycles. The number of hydrogen-bond acceptors (Lipinski definition) is 4. The molecule has 28 heavy (non-hydrogen) atoms. The molecule has 1 aliphatic rings.